The largest absolute Gasteiger partial charge is 0.371 e. The standard InChI is InChI=1S/C18H28N2S/c1-2-21-17-10-9-16(13-17)19-14-15-7-3-4-8-18(15)20-11-5-6-12-20/h3-4,7-8,16-17,19H,2,5-6,9-14H2,1H3. The van der Waals surface area contributed by atoms with Crippen LogP contribution in [-0.4, -0.2) is 30.1 Å². The van der Waals surface area contributed by atoms with Gasteiger partial charge in [0.15, 0.2) is 0 Å². The van der Waals surface area contributed by atoms with Gasteiger partial charge in [-0.25, -0.2) is 0 Å². The van der Waals surface area contributed by atoms with Crippen molar-refractivity contribution in [2.24, 2.45) is 0 Å². The second kappa shape index (κ2) is 7.55. The molecule has 1 heterocycles. The first kappa shape index (κ1) is 15.2. The molecule has 3 rings (SSSR count). The van der Waals surface area contributed by atoms with Gasteiger partial charge in [-0.05, 0) is 49.5 Å². The van der Waals surface area contributed by atoms with E-state index in [2.05, 4.69) is 53.2 Å². The first-order chi connectivity index (χ1) is 10.4. The Morgan fingerprint density at radius 1 is 1.19 bits per heavy atom. The van der Waals surface area contributed by atoms with Crippen LogP contribution in [0.3, 0.4) is 0 Å². The second-order valence-electron chi connectivity index (χ2n) is 6.29. The lowest BCUT2D eigenvalue weighted by molar-refractivity contribution is 0.525. The van der Waals surface area contributed by atoms with Crippen LogP contribution in [-0.2, 0) is 6.54 Å². The van der Waals surface area contributed by atoms with E-state index in [4.69, 9.17) is 0 Å². The van der Waals surface area contributed by atoms with Crippen molar-refractivity contribution in [1.29, 1.82) is 0 Å². The molecule has 2 fully saturated rings. The molecule has 1 aliphatic heterocycles. The molecule has 1 N–H and O–H groups in total. The number of nitrogens with zero attached hydrogens (tertiary/aromatic N) is 1. The van der Waals surface area contributed by atoms with E-state index in [0.717, 1.165) is 17.8 Å². The van der Waals surface area contributed by atoms with Gasteiger partial charge in [-0.2, -0.15) is 11.8 Å². The zero-order valence-electron chi connectivity index (χ0n) is 13.2. The molecule has 0 aromatic heterocycles. The van der Waals surface area contributed by atoms with Crippen LogP contribution in [0.4, 0.5) is 5.69 Å². The van der Waals surface area contributed by atoms with Crippen molar-refractivity contribution in [2.45, 2.75) is 56.9 Å². The van der Waals surface area contributed by atoms with Gasteiger partial charge >= 0.3 is 0 Å². The number of rotatable bonds is 6. The molecule has 2 unspecified atom stereocenters. The highest BCUT2D eigenvalue weighted by atomic mass is 32.2. The van der Waals surface area contributed by atoms with Crippen molar-refractivity contribution in [1.82, 2.24) is 5.32 Å². The van der Waals surface area contributed by atoms with Crippen LogP contribution in [0.25, 0.3) is 0 Å². The van der Waals surface area contributed by atoms with Crippen molar-refractivity contribution < 1.29 is 0 Å². The lowest BCUT2D eigenvalue weighted by Crippen LogP contribution is -2.28. The SMILES string of the molecule is CCSC1CCC(NCc2ccccc2N2CCCC2)C1. The third-order valence-corrected chi connectivity index (χ3v) is 6.04. The van der Waals surface area contributed by atoms with Crippen molar-refractivity contribution in [3.63, 3.8) is 0 Å². The highest BCUT2D eigenvalue weighted by Gasteiger charge is 2.24. The topological polar surface area (TPSA) is 15.3 Å². The molecular formula is C18H28N2S. The van der Waals surface area contributed by atoms with Crippen LogP contribution in [0.1, 0.15) is 44.6 Å². The van der Waals surface area contributed by atoms with Crippen LogP contribution < -0.4 is 10.2 Å². The Hall–Kier alpha value is -0.670. The van der Waals surface area contributed by atoms with Crippen LogP contribution >= 0.6 is 11.8 Å². The van der Waals surface area contributed by atoms with Gasteiger partial charge in [0.1, 0.15) is 0 Å². The average molecular weight is 305 g/mol. The van der Waals surface area contributed by atoms with Crippen LogP contribution in [0.15, 0.2) is 24.3 Å². The monoisotopic (exact) mass is 304 g/mol. The molecular weight excluding hydrogens is 276 g/mol. The Morgan fingerprint density at radius 3 is 2.81 bits per heavy atom. The van der Waals surface area contributed by atoms with Gasteiger partial charge in [-0.15, -0.1) is 0 Å². The fourth-order valence-corrected chi connectivity index (χ4v) is 4.84. The van der Waals surface area contributed by atoms with E-state index in [1.54, 1.807) is 0 Å². The molecule has 1 aromatic carbocycles. The lowest BCUT2D eigenvalue weighted by Gasteiger charge is -2.22. The summed E-state index contributed by atoms with van der Waals surface area (Å²) in [6.07, 6.45) is 6.79. The molecule has 2 nitrogen and oxygen atoms in total. The Balaban J connectivity index is 1.56. The fraction of sp³-hybridized carbons (Fsp3) is 0.667. The van der Waals surface area contributed by atoms with E-state index < -0.39 is 0 Å². The summed E-state index contributed by atoms with van der Waals surface area (Å²) in [4.78, 5) is 2.56. The van der Waals surface area contributed by atoms with E-state index >= 15 is 0 Å². The predicted octanol–water partition coefficient (Wildman–Crippen LogP) is 4.05. The number of hydrogen-bond donors (Lipinski definition) is 1. The first-order valence-corrected chi connectivity index (χ1v) is 9.59. The summed E-state index contributed by atoms with van der Waals surface area (Å²) in [5.41, 5.74) is 2.94. The van der Waals surface area contributed by atoms with Crippen molar-refractivity contribution in [3.05, 3.63) is 29.8 Å². The minimum absolute atomic E-state index is 0.723. The second-order valence-corrected chi connectivity index (χ2v) is 7.87. The predicted molar refractivity (Wildman–Crippen MR) is 94.3 cm³/mol. The number of anilines is 1. The van der Waals surface area contributed by atoms with Crippen molar-refractivity contribution in [3.8, 4) is 0 Å². The molecule has 2 atom stereocenters. The summed E-state index contributed by atoms with van der Waals surface area (Å²) in [6.45, 7) is 5.77. The molecule has 116 valence electrons. The number of benzene rings is 1. The molecule has 0 amide bonds. The molecule has 1 saturated carbocycles. The normalized spacial score (nSPS) is 25.7. The number of para-hydroxylation sites is 1. The van der Waals surface area contributed by atoms with Gasteiger partial charge in [-0.1, -0.05) is 25.1 Å². The van der Waals surface area contributed by atoms with Crippen LogP contribution in [0.5, 0.6) is 0 Å². The molecule has 21 heavy (non-hydrogen) atoms. The van der Waals surface area contributed by atoms with E-state index in [1.807, 2.05) is 0 Å². The molecule has 1 aromatic rings. The molecule has 1 saturated heterocycles. The van der Waals surface area contributed by atoms with Gasteiger partial charge in [0.25, 0.3) is 0 Å². The van der Waals surface area contributed by atoms with Crippen molar-refractivity contribution in [2.75, 3.05) is 23.7 Å². The third kappa shape index (κ3) is 3.95. The van der Waals surface area contributed by atoms with Gasteiger partial charge in [0.2, 0.25) is 0 Å². The molecule has 2 aliphatic rings. The van der Waals surface area contributed by atoms with Gasteiger partial charge < -0.3 is 10.2 Å². The molecule has 0 spiro atoms. The summed E-state index contributed by atoms with van der Waals surface area (Å²) < 4.78 is 0. The smallest absolute Gasteiger partial charge is 0.0411 e. The van der Waals surface area contributed by atoms with E-state index in [-0.39, 0.29) is 0 Å². The lowest BCUT2D eigenvalue weighted by atomic mass is 10.1. The first-order valence-electron chi connectivity index (χ1n) is 8.54. The quantitative estimate of drug-likeness (QED) is 0.853. The molecule has 0 radical (unpaired) electrons. The zero-order chi connectivity index (χ0) is 14.5. The highest BCUT2D eigenvalue weighted by Crippen LogP contribution is 2.30. The molecule has 1 aliphatic carbocycles. The minimum Gasteiger partial charge on any atom is -0.371 e. The summed E-state index contributed by atoms with van der Waals surface area (Å²) in [7, 11) is 0. The zero-order valence-corrected chi connectivity index (χ0v) is 14.0. The maximum atomic E-state index is 3.81. The van der Waals surface area contributed by atoms with Gasteiger partial charge in [-0.3, -0.25) is 0 Å². The van der Waals surface area contributed by atoms with Gasteiger partial charge in [0, 0.05) is 36.6 Å². The molecule has 0 bridgehead atoms. The minimum atomic E-state index is 0.723. The van der Waals surface area contributed by atoms with Crippen LogP contribution in [0, 0.1) is 0 Å². The maximum absolute atomic E-state index is 3.81. The summed E-state index contributed by atoms with van der Waals surface area (Å²) in [5, 5.41) is 4.70. The average Bonchev–Trinajstić information content (AvgIpc) is 3.17. The summed E-state index contributed by atoms with van der Waals surface area (Å²) >= 11 is 2.14. The Labute approximate surface area is 133 Å². The third-order valence-electron chi connectivity index (χ3n) is 4.81. The number of thioether (sulfide) groups is 1. The Kier molecular flexibility index (Phi) is 5.48. The summed E-state index contributed by atoms with van der Waals surface area (Å²) in [6, 6.07) is 9.68. The maximum Gasteiger partial charge on any atom is 0.0411 e. The highest BCUT2D eigenvalue weighted by molar-refractivity contribution is 7.99. The summed E-state index contributed by atoms with van der Waals surface area (Å²) in [5.74, 6) is 1.26. The Morgan fingerprint density at radius 2 is 2.00 bits per heavy atom. The Bertz CT molecular complexity index is 443. The molecule has 3 heteroatoms. The van der Waals surface area contributed by atoms with Crippen LogP contribution in [0.2, 0.25) is 0 Å². The van der Waals surface area contributed by atoms with Gasteiger partial charge in [0.05, 0.1) is 0 Å². The van der Waals surface area contributed by atoms with E-state index in [9.17, 15) is 0 Å². The van der Waals surface area contributed by atoms with E-state index in [1.165, 1.54) is 62.2 Å². The number of nitrogens with one attached hydrogen (secondary N) is 1. The fourth-order valence-electron chi connectivity index (χ4n) is 3.69. The van der Waals surface area contributed by atoms with E-state index in [0.29, 0.717) is 0 Å². The van der Waals surface area contributed by atoms with Crippen molar-refractivity contribution >= 4 is 17.4 Å². The number of hydrogen-bond acceptors (Lipinski definition) is 3.